The Bertz CT molecular complexity index is 1010. The Kier molecular flexibility index (Phi) is 3.13. The highest BCUT2D eigenvalue weighted by atomic mass is 16.3. The quantitative estimate of drug-likeness (QED) is 0.750. The molecule has 2 aromatic carbocycles. The average molecular weight is 316 g/mol. The molecule has 24 heavy (non-hydrogen) atoms. The van der Waals surface area contributed by atoms with Crippen LogP contribution in [-0.2, 0) is 0 Å². The van der Waals surface area contributed by atoms with Gasteiger partial charge in [0.15, 0.2) is 5.88 Å². The lowest BCUT2D eigenvalue weighted by Gasteiger charge is -2.05. The van der Waals surface area contributed by atoms with Crippen LogP contribution < -0.4 is 0 Å². The van der Waals surface area contributed by atoms with Crippen LogP contribution in [0.3, 0.4) is 0 Å². The van der Waals surface area contributed by atoms with E-state index in [0.717, 1.165) is 22.3 Å². The molecule has 0 saturated carbocycles. The van der Waals surface area contributed by atoms with Crippen LogP contribution >= 0.6 is 0 Å². The van der Waals surface area contributed by atoms with Gasteiger partial charge in [-0.3, -0.25) is 4.79 Å². The Balaban J connectivity index is 1.95. The standard InChI is InChI=1S/C20H16N2O2/c1-11-7-3-5-9-13(11)17-15-16(20(24)21-17)18(22-19(15)23)14-10-6-4-8-12(14)2/h3-10,21,24H,1-2H3. The highest BCUT2D eigenvalue weighted by Gasteiger charge is 2.34. The van der Waals surface area contributed by atoms with Gasteiger partial charge in [-0.05, 0) is 25.0 Å². The summed E-state index contributed by atoms with van der Waals surface area (Å²) in [5, 5.41) is 10.5. The number of benzene rings is 2. The van der Waals surface area contributed by atoms with Crippen molar-refractivity contribution in [3.05, 3.63) is 76.3 Å². The van der Waals surface area contributed by atoms with Gasteiger partial charge in [0.05, 0.1) is 22.5 Å². The highest BCUT2D eigenvalue weighted by molar-refractivity contribution is 6.30. The molecule has 1 aromatic heterocycles. The second-order valence-corrected chi connectivity index (χ2v) is 5.99. The largest absolute Gasteiger partial charge is 0.494 e. The number of fused-ring (bicyclic) bond motifs is 1. The molecule has 1 aliphatic rings. The third-order valence-corrected chi connectivity index (χ3v) is 4.46. The maximum absolute atomic E-state index is 12.6. The number of rotatable bonds is 2. The number of nitrogens with zero attached hydrogens (tertiary/aromatic N) is 1. The first kappa shape index (κ1) is 14.5. The molecule has 4 heteroatoms. The summed E-state index contributed by atoms with van der Waals surface area (Å²) in [5.41, 5.74) is 5.87. The summed E-state index contributed by atoms with van der Waals surface area (Å²) in [4.78, 5) is 19.8. The summed E-state index contributed by atoms with van der Waals surface area (Å²) >= 11 is 0. The molecule has 0 fully saturated rings. The zero-order valence-corrected chi connectivity index (χ0v) is 13.4. The average Bonchev–Trinajstić information content (AvgIpc) is 3.08. The van der Waals surface area contributed by atoms with Gasteiger partial charge in [-0.25, -0.2) is 4.99 Å². The molecule has 4 rings (SSSR count). The van der Waals surface area contributed by atoms with Crippen molar-refractivity contribution in [2.45, 2.75) is 13.8 Å². The molecule has 0 saturated heterocycles. The SMILES string of the molecule is Cc1ccccc1C1=NC(=O)c2c(-c3ccccc3C)[nH]c(O)c21. The summed E-state index contributed by atoms with van der Waals surface area (Å²) in [6.45, 7) is 3.94. The molecular weight excluding hydrogens is 300 g/mol. The minimum atomic E-state index is -0.321. The number of carbonyl (C=O) groups is 1. The van der Waals surface area contributed by atoms with Crippen molar-refractivity contribution in [2.75, 3.05) is 0 Å². The normalized spacial score (nSPS) is 13.1. The monoisotopic (exact) mass is 316 g/mol. The van der Waals surface area contributed by atoms with Crippen molar-refractivity contribution in [3.63, 3.8) is 0 Å². The van der Waals surface area contributed by atoms with Crippen molar-refractivity contribution in [2.24, 2.45) is 4.99 Å². The van der Waals surface area contributed by atoms with Crippen molar-refractivity contribution in [1.82, 2.24) is 4.98 Å². The van der Waals surface area contributed by atoms with E-state index in [0.29, 0.717) is 22.5 Å². The summed E-state index contributed by atoms with van der Waals surface area (Å²) in [7, 11) is 0. The molecule has 0 atom stereocenters. The molecular formula is C20H16N2O2. The fraction of sp³-hybridized carbons (Fsp3) is 0.100. The van der Waals surface area contributed by atoms with Crippen LogP contribution in [0.1, 0.15) is 32.6 Å². The number of aryl methyl sites for hydroxylation is 2. The Morgan fingerprint density at radius 2 is 1.46 bits per heavy atom. The Hall–Kier alpha value is -3.14. The maximum atomic E-state index is 12.6. The number of carbonyl (C=O) groups excluding carboxylic acids is 1. The van der Waals surface area contributed by atoms with E-state index in [2.05, 4.69) is 9.98 Å². The molecule has 2 N–H and O–H groups in total. The molecule has 0 unspecified atom stereocenters. The minimum absolute atomic E-state index is 0.0175. The van der Waals surface area contributed by atoms with Crippen molar-refractivity contribution in [3.8, 4) is 17.1 Å². The van der Waals surface area contributed by atoms with Crippen LogP contribution in [0.5, 0.6) is 5.88 Å². The lowest BCUT2D eigenvalue weighted by Crippen LogP contribution is -2.02. The highest BCUT2D eigenvalue weighted by Crippen LogP contribution is 2.39. The van der Waals surface area contributed by atoms with E-state index >= 15 is 0 Å². The number of aromatic nitrogens is 1. The molecule has 0 spiro atoms. The molecule has 4 nitrogen and oxygen atoms in total. The van der Waals surface area contributed by atoms with Gasteiger partial charge in [0.2, 0.25) is 0 Å². The Morgan fingerprint density at radius 1 is 0.875 bits per heavy atom. The molecule has 0 radical (unpaired) electrons. The van der Waals surface area contributed by atoms with E-state index in [1.165, 1.54) is 0 Å². The van der Waals surface area contributed by atoms with Gasteiger partial charge in [-0.15, -0.1) is 0 Å². The van der Waals surface area contributed by atoms with E-state index < -0.39 is 0 Å². The number of hydrogen-bond donors (Lipinski definition) is 2. The summed E-state index contributed by atoms with van der Waals surface area (Å²) in [6, 6.07) is 15.5. The molecule has 1 amide bonds. The summed E-state index contributed by atoms with van der Waals surface area (Å²) in [6.07, 6.45) is 0. The first-order chi connectivity index (χ1) is 11.6. The van der Waals surface area contributed by atoms with Crippen molar-refractivity contribution < 1.29 is 9.90 Å². The third-order valence-electron chi connectivity index (χ3n) is 4.46. The van der Waals surface area contributed by atoms with Gasteiger partial charge in [-0.2, -0.15) is 0 Å². The van der Waals surface area contributed by atoms with Gasteiger partial charge in [0, 0.05) is 11.1 Å². The molecule has 1 aliphatic heterocycles. The molecule has 3 aromatic rings. The minimum Gasteiger partial charge on any atom is -0.494 e. The van der Waals surface area contributed by atoms with E-state index in [9.17, 15) is 9.90 Å². The second kappa shape index (κ2) is 5.20. The van der Waals surface area contributed by atoms with Crippen molar-refractivity contribution in [1.29, 1.82) is 0 Å². The van der Waals surface area contributed by atoms with Crippen LogP contribution in [0.25, 0.3) is 11.3 Å². The number of aliphatic imine (C=N–C) groups is 1. The zero-order chi connectivity index (χ0) is 16.8. The second-order valence-electron chi connectivity index (χ2n) is 5.99. The van der Waals surface area contributed by atoms with Gasteiger partial charge < -0.3 is 10.1 Å². The first-order valence-corrected chi connectivity index (χ1v) is 7.78. The first-order valence-electron chi connectivity index (χ1n) is 7.78. The number of hydrogen-bond acceptors (Lipinski definition) is 2. The molecule has 0 aliphatic carbocycles. The predicted molar refractivity (Wildman–Crippen MR) is 93.8 cm³/mol. The predicted octanol–water partition coefficient (Wildman–Crippen LogP) is 4.00. The van der Waals surface area contributed by atoms with Crippen LogP contribution in [-0.4, -0.2) is 21.7 Å². The molecule has 118 valence electrons. The fourth-order valence-corrected chi connectivity index (χ4v) is 3.23. The third kappa shape index (κ3) is 2.00. The van der Waals surface area contributed by atoms with Crippen LogP contribution in [0.2, 0.25) is 0 Å². The molecule has 2 heterocycles. The van der Waals surface area contributed by atoms with Crippen LogP contribution in [0, 0.1) is 13.8 Å². The number of aromatic hydroxyl groups is 1. The van der Waals surface area contributed by atoms with E-state index in [1.807, 2.05) is 62.4 Å². The summed E-state index contributed by atoms with van der Waals surface area (Å²) in [5.74, 6) is -0.339. The summed E-state index contributed by atoms with van der Waals surface area (Å²) < 4.78 is 0. The lowest BCUT2D eigenvalue weighted by molar-refractivity contribution is 0.101. The van der Waals surface area contributed by atoms with Crippen molar-refractivity contribution >= 4 is 11.6 Å². The van der Waals surface area contributed by atoms with Gasteiger partial charge in [-0.1, -0.05) is 48.5 Å². The number of amides is 1. The van der Waals surface area contributed by atoms with Gasteiger partial charge >= 0.3 is 0 Å². The van der Waals surface area contributed by atoms with E-state index in [1.54, 1.807) is 0 Å². The van der Waals surface area contributed by atoms with Gasteiger partial charge in [0.25, 0.3) is 5.91 Å². The van der Waals surface area contributed by atoms with E-state index in [-0.39, 0.29) is 11.8 Å². The maximum Gasteiger partial charge on any atom is 0.280 e. The number of aromatic amines is 1. The number of nitrogens with one attached hydrogen (secondary N) is 1. The lowest BCUT2D eigenvalue weighted by atomic mass is 9.96. The smallest absolute Gasteiger partial charge is 0.280 e. The van der Waals surface area contributed by atoms with E-state index in [4.69, 9.17) is 0 Å². The van der Waals surface area contributed by atoms with Gasteiger partial charge in [0.1, 0.15) is 0 Å². The Morgan fingerprint density at radius 3 is 2.08 bits per heavy atom. The zero-order valence-electron chi connectivity index (χ0n) is 13.4. The molecule has 0 bridgehead atoms. The Labute approximate surface area is 139 Å². The fourth-order valence-electron chi connectivity index (χ4n) is 3.23. The van der Waals surface area contributed by atoms with Crippen LogP contribution in [0.4, 0.5) is 0 Å². The van der Waals surface area contributed by atoms with Crippen LogP contribution in [0.15, 0.2) is 53.5 Å². The topological polar surface area (TPSA) is 65.5 Å². The number of H-pyrrole nitrogens is 1.